The summed E-state index contributed by atoms with van der Waals surface area (Å²) in [7, 11) is -4.78. The lowest BCUT2D eigenvalue weighted by molar-refractivity contribution is -0.131. The van der Waals surface area contributed by atoms with Crippen LogP contribution >= 0.6 is 0 Å². The number of carbonyl (C=O) groups excluding carboxylic acids is 1. The van der Waals surface area contributed by atoms with Crippen LogP contribution in [0.4, 0.5) is 0 Å². The van der Waals surface area contributed by atoms with Crippen LogP contribution in [0.25, 0.3) is 0 Å². The lowest BCUT2D eigenvalue weighted by atomic mass is 10.1. The molecule has 0 bridgehead atoms. The number of aliphatic hydroxyl groups excluding tert-OH is 3. The van der Waals surface area contributed by atoms with Gasteiger partial charge in [0.05, 0.1) is 0 Å². The fourth-order valence-electron chi connectivity index (χ4n) is 0.809. The van der Waals surface area contributed by atoms with E-state index in [2.05, 4.69) is 4.18 Å². The summed E-state index contributed by atoms with van der Waals surface area (Å²) in [5.74, 6) is 0. The SMILES string of the molecule is C[C@H](OS(=O)(=O)O)[C@H](O)[C@@H](O)[C@@H](O)C=O. The molecule has 0 aliphatic carbocycles. The highest BCUT2D eigenvalue weighted by Crippen LogP contribution is 2.08. The van der Waals surface area contributed by atoms with Crippen molar-refractivity contribution < 1.29 is 37.3 Å². The minimum atomic E-state index is -4.78. The minimum Gasteiger partial charge on any atom is -0.388 e. The average molecular weight is 244 g/mol. The molecule has 8 nitrogen and oxygen atoms in total. The summed E-state index contributed by atoms with van der Waals surface area (Å²) < 4.78 is 32.6. The van der Waals surface area contributed by atoms with E-state index < -0.39 is 34.8 Å². The number of hydrogen-bond acceptors (Lipinski definition) is 7. The molecule has 0 saturated heterocycles. The smallest absolute Gasteiger partial charge is 0.388 e. The van der Waals surface area contributed by atoms with E-state index in [1.807, 2.05) is 0 Å². The summed E-state index contributed by atoms with van der Waals surface area (Å²) in [6.07, 6.45) is -7.16. The summed E-state index contributed by atoms with van der Waals surface area (Å²) in [4.78, 5) is 10.0. The molecule has 0 amide bonds. The van der Waals surface area contributed by atoms with Crippen molar-refractivity contribution in [1.82, 2.24) is 0 Å². The summed E-state index contributed by atoms with van der Waals surface area (Å²) in [5, 5.41) is 27.0. The molecule has 0 saturated carbocycles. The lowest BCUT2D eigenvalue weighted by Gasteiger charge is -2.23. The van der Waals surface area contributed by atoms with Gasteiger partial charge in [-0.15, -0.1) is 0 Å². The van der Waals surface area contributed by atoms with Gasteiger partial charge in [0, 0.05) is 0 Å². The molecular weight excluding hydrogens is 232 g/mol. The van der Waals surface area contributed by atoms with E-state index in [9.17, 15) is 18.3 Å². The Kier molecular flexibility index (Phi) is 5.28. The quantitative estimate of drug-likeness (QED) is 0.296. The molecule has 15 heavy (non-hydrogen) atoms. The van der Waals surface area contributed by atoms with E-state index in [-0.39, 0.29) is 6.29 Å². The predicted octanol–water partition coefficient (Wildman–Crippen LogP) is -2.52. The first-order valence-corrected chi connectivity index (χ1v) is 5.20. The van der Waals surface area contributed by atoms with Crippen LogP contribution < -0.4 is 0 Å². The van der Waals surface area contributed by atoms with E-state index in [1.54, 1.807) is 0 Å². The first kappa shape index (κ1) is 14.4. The van der Waals surface area contributed by atoms with Gasteiger partial charge in [0.15, 0.2) is 6.29 Å². The molecule has 0 spiro atoms. The maximum Gasteiger partial charge on any atom is 0.397 e. The zero-order valence-electron chi connectivity index (χ0n) is 7.72. The molecule has 0 aliphatic rings. The van der Waals surface area contributed by atoms with Gasteiger partial charge >= 0.3 is 10.4 Å². The van der Waals surface area contributed by atoms with Gasteiger partial charge in [0.25, 0.3) is 0 Å². The second-order valence-corrected chi connectivity index (χ2v) is 3.88. The molecule has 0 aromatic rings. The van der Waals surface area contributed by atoms with Gasteiger partial charge in [0.1, 0.15) is 24.4 Å². The van der Waals surface area contributed by atoms with Crippen molar-refractivity contribution in [3.8, 4) is 0 Å². The number of hydrogen-bond donors (Lipinski definition) is 4. The number of rotatable bonds is 6. The van der Waals surface area contributed by atoms with E-state index in [1.165, 1.54) is 0 Å². The minimum absolute atomic E-state index is 0.0337. The van der Waals surface area contributed by atoms with Crippen molar-refractivity contribution in [2.45, 2.75) is 31.3 Å². The fourth-order valence-corrected chi connectivity index (χ4v) is 1.31. The normalized spacial score (nSPS) is 20.3. The Morgan fingerprint density at radius 3 is 2.00 bits per heavy atom. The largest absolute Gasteiger partial charge is 0.397 e. The summed E-state index contributed by atoms with van der Waals surface area (Å²) in [6, 6.07) is 0. The van der Waals surface area contributed by atoms with Crippen molar-refractivity contribution in [2.75, 3.05) is 0 Å². The standard InChI is InChI=1S/C6H12O8S/c1-3(14-15(11,12)13)5(9)6(10)4(8)2-7/h2-6,8-10H,1H3,(H,11,12,13)/t3-,4-,5-,6-/m0/s1. The third-order valence-electron chi connectivity index (χ3n) is 1.59. The first-order valence-electron chi connectivity index (χ1n) is 3.84. The van der Waals surface area contributed by atoms with E-state index in [0.717, 1.165) is 6.92 Å². The van der Waals surface area contributed by atoms with Gasteiger partial charge in [-0.05, 0) is 6.92 Å². The average Bonchev–Trinajstić information content (AvgIpc) is 2.11. The molecule has 0 aromatic heterocycles. The van der Waals surface area contributed by atoms with Gasteiger partial charge in [-0.2, -0.15) is 8.42 Å². The van der Waals surface area contributed by atoms with Crippen molar-refractivity contribution >= 4 is 16.7 Å². The maximum absolute atomic E-state index is 10.2. The van der Waals surface area contributed by atoms with Crippen LogP contribution in [0.2, 0.25) is 0 Å². The van der Waals surface area contributed by atoms with Crippen LogP contribution in [0.15, 0.2) is 0 Å². The Balaban J connectivity index is 4.44. The topological polar surface area (TPSA) is 141 Å². The zero-order chi connectivity index (χ0) is 12.2. The Labute approximate surface area is 86.1 Å². The Morgan fingerprint density at radius 1 is 1.20 bits per heavy atom. The monoisotopic (exact) mass is 244 g/mol. The van der Waals surface area contributed by atoms with Crippen LogP contribution in [0.5, 0.6) is 0 Å². The molecule has 4 atom stereocenters. The van der Waals surface area contributed by atoms with Crippen LogP contribution in [-0.2, 0) is 19.4 Å². The van der Waals surface area contributed by atoms with Crippen LogP contribution in [0.1, 0.15) is 6.92 Å². The van der Waals surface area contributed by atoms with Gasteiger partial charge in [-0.3, -0.25) is 4.55 Å². The third kappa shape index (κ3) is 5.16. The molecule has 90 valence electrons. The van der Waals surface area contributed by atoms with E-state index in [4.69, 9.17) is 14.8 Å². The molecule has 0 radical (unpaired) electrons. The number of carbonyl (C=O) groups is 1. The molecular formula is C6H12O8S. The fraction of sp³-hybridized carbons (Fsp3) is 0.833. The van der Waals surface area contributed by atoms with Gasteiger partial charge in [-0.1, -0.05) is 0 Å². The molecule has 0 aliphatic heterocycles. The lowest BCUT2D eigenvalue weighted by Crippen LogP contribution is -2.45. The molecule has 0 unspecified atom stereocenters. The Morgan fingerprint density at radius 2 is 1.67 bits per heavy atom. The highest BCUT2D eigenvalue weighted by Gasteiger charge is 2.31. The van der Waals surface area contributed by atoms with Crippen molar-refractivity contribution in [1.29, 1.82) is 0 Å². The highest BCUT2D eigenvalue weighted by molar-refractivity contribution is 7.80. The third-order valence-corrected chi connectivity index (χ3v) is 2.14. The molecule has 0 heterocycles. The van der Waals surface area contributed by atoms with Crippen molar-refractivity contribution in [2.24, 2.45) is 0 Å². The summed E-state index contributed by atoms with van der Waals surface area (Å²) in [5.41, 5.74) is 0. The highest BCUT2D eigenvalue weighted by atomic mass is 32.3. The maximum atomic E-state index is 10.2. The van der Waals surface area contributed by atoms with Crippen LogP contribution in [-0.4, -0.2) is 59.0 Å². The second-order valence-electron chi connectivity index (χ2n) is 2.84. The molecule has 0 aromatic carbocycles. The first-order chi connectivity index (χ1) is 6.69. The van der Waals surface area contributed by atoms with Crippen molar-refractivity contribution in [3.05, 3.63) is 0 Å². The van der Waals surface area contributed by atoms with Crippen LogP contribution in [0.3, 0.4) is 0 Å². The van der Waals surface area contributed by atoms with Crippen molar-refractivity contribution in [3.63, 3.8) is 0 Å². The number of aliphatic hydroxyl groups is 3. The zero-order valence-corrected chi connectivity index (χ0v) is 8.53. The van der Waals surface area contributed by atoms with Gasteiger partial charge in [0.2, 0.25) is 0 Å². The van der Waals surface area contributed by atoms with Gasteiger partial charge < -0.3 is 20.1 Å². The summed E-state index contributed by atoms with van der Waals surface area (Å²) >= 11 is 0. The van der Waals surface area contributed by atoms with Crippen LogP contribution in [0, 0.1) is 0 Å². The molecule has 0 rings (SSSR count). The van der Waals surface area contributed by atoms with E-state index in [0.29, 0.717) is 0 Å². The molecule has 9 heteroatoms. The van der Waals surface area contributed by atoms with Gasteiger partial charge in [-0.25, -0.2) is 4.18 Å². The Hall–Kier alpha value is -0.580. The number of aldehydes is 1. The second kappa shape index (κ2) is 5.49. The molecule has 4 N–H and O–H groups in total. The predicted molar refractivity (Wildman–Crippen MR) is 46.2 cm³/mol. The van der Waals surface area contributed by atoms with E-state index >= 15 is 0 Å². The summed E-state index contributed by atoms with van der Waals surface area (Å²) in [6.45, 7) is 1.03. The molecule has 0 fully saturated rings. The Bertz CT molecular complexity index is 298.